The largest absolute Gasteiger partial charge is 0.497 e. The predicted molar refractivity (Wildman–Crippen MR) is 173 cm³/mol. The summed E-state index contributed by atoms with van der Waals surface area (Å²) in [6.07, 6.45) is 0. The molecule has 218 valence electrons. The van der Waals surface area contributed by atoms with E-state index >= 15 is 0 Å². The number of carbonyl (C=O) groups is 1. The first kappa shape index (κ1) is 28.2. The normalized spacial score (nSPS) is 14.4. The van der Waals surface area contributed by atoms with Gasteiger partial charge in [0.2, 0.25) is 0 Å². The van der Waals surface area contributed by atoms with Gasteiger partial charge in [0.1, 0.15) is 5.75 Å². The zero-order valence-electron chi connectivity index (χ0n) is 25.1. The Hall–Kier alpha value is -3.88. The lowest BCUT2D eigenvalue weighted by Crippen LogP contribution is -2.49. The summed E-state index contributed by atoms with van der Waals surface area (Å²) in [7, 11) is 1.70. The second kappa shape index (κ2) is 11.8. The molecule has 1 N–H and O–H groups in total. The van der Waals surface area contributed by atoms with Crippen molar-refractivity contribution in [2.75, 3.05) is 38.6 Å². The lowest BCUT2D eigenvalue weighted by molar-refractivity contribution is 0.142. The van der Waals surface area contributed by atoms with Crippen LogP contribution in [0, 0.1) is 0 Å². The van der Waals surface area contributed by atoms with E-state index in [0.29, 0.717) is 24.9 Å². The number of methoxy groups -OCH3 is 1. The third-order valence-corrected chi connectivity index (χ3v) is 9.24. The van der Waals surface area contributed by atoms with Crippen molar-refractivity contribution in [3.05, 3.63) is 83.6 Å². The number of ether oxygens (including phenoxy) is 1. The molecule has 0 atom stereocenters. The number of amides is 2. The van der Waals surface area contributed by atoms with Crippen LogP contribution in [-0.2, 0) is 6.54 Å². The first-order valence-corrected chi connectivity index (χ1v) is 15.6. The Kier molecular flexibility index (Phi) is 7.92. The van der Waals surface area contributed by atoms with Crippen molar-refractivity contribution < 1.29 is 9.53 Å². The van der Waals surface area contributed by atoms with E-state index in [4.69, 9.17) is 9.72 Å². The van der Waals surface area contributed by atoms with Gasteiger partial charge in [-0.1, -0.05) is 87.6 Å². The van der Waals surface area contributed by atoms with E-state index in [1.165, 1.54) is 16.8 Å². The third kappa shape index (κ3) is 5.37. The van der Waals surface area contributed by atoms with Crippen LogP contribution >= 0.6 is 11.3 Å². The van der Waals surface area contributed by atoms with Crippen LogP contribution in [0.4, 0.5) is 10.5 Å². The van der Waals surface area contributed by atoms with Gasteiger partial charge >= 0.3 is 6.03 Å². The van der Waals surface area contributed by atoms with Crippen LogP contribution in [0.2, 0.25) is 0 Å². The molecule has 0 radical (unpaired) electrons. The molecule has 0 spiro atoms. The third-order valence-electron chi connectivity index (χ3n) is 8.24. The van der Waals surface area contributed by atoms with E-state index in [1.807, 2.05) is 17.0 Å². The number of rotatable bonds is 7. The van der Waals surface area contributed by atoms with Crippen LogP contribution in [0.1, 0.15) is 56.4 Å². The van der Waals surface area contributed by atoms with Gasteiger partial charge in [0, 0.05) is 44.0 Å². The summed E-state index contributed by atoms with van der Waals surface area (Å²) < 4.78 is 8.93. The zero-order valence-corrected chi connectivity index (χ0v) is 25.9. The fraction of sp³-hybridized carbons (Fsp3) is 0.353. The molecule has 1 saturated heterocycles. The minimum Gasteiger partial charge on any atom is -0.497 e. The molecule has 1 aliphatic heterocycles. The van der Waals surface area contributed by atoms with Gasteiger partial charge in [-0.2, -0.15) is 0 Å². The van der Waals surface area contributed by atoms with E-state index in [9.17, 15) is 4.79 Å². The van der Waals surface area contributed by atoms with Crippen molar-refractivity contribution in [1.82, 2.24) is 19.2 Å². The Morgan fingerprint density at radius 3 is 2.26 bits per heavy atom. The summed E-state index contributed by atoms with van der Waals surface area (Å²) in [5.41, 5.74) is 7.81. The van der Waals surface area contributed by atoms with Gasteiger partial charge in [0.15, 0.2) is 4.96 Å². The number of nitrogens with one attached hydrogen (secondary N) is 1. The number of anilines is 1. The maximum atomic E-state index is 13.5. The molecule has 7 nitrogen and oxygen atoms in total. The van der Waals surface area contributed by atoms with Crippen molar-refractivity contribution in [3.63, 3.8) is 0 Å². The van der Waals surface area contributed by atoms with Gasteiger partial charge in [-0.05, 0) is 41.2 Å². The number of nitrogens with zero attached hydrogens (tertiary/aromatic N) is 4. The molecule has 2 aromatic heterocycles. The standard InChI is InChI=1S/C34H39N5O2S/c1-22(2)26-12-9-13-27(23(3)4)32(26)35-33(40)38-18-16-37(17-19-38)21-29-31(24-10-7-6-8-11-24)36-34-39(29)28-15-14-25(41-5)20-30(28)42-34/h6-15,20,22-23H,16-19,21H2,1-5H3,(H,35,40). The smallest absolute Gasteiger partial charge is 0.321 e. The maximum absolute atomic E-state index is 13.5. The molecule has 2 amide bonds. The van der Waals surface area contributed by atoms with Gasteiger partial charge < -0.3 is 15.0 Å². The molecule has 5 aromatic rings. The summed E-state index contributed by atoms with van der Waals surface area (Å²) in [6, 6.07) is 23.0. The van der Waals surface area contributed by atoms with Gasteiger partial charge in [-0.25, -0.2) is 9.78 Å². The molecule has 1 fully saturated rings. The summed E-state index contributed by atoms with van der Waals surface area (Å²) in [5.74, 6) is 1.51. The van der Waals surface area contributed by atoms with Crippen molar-refractivity contribution in [1.29, 1.82) is 0 Å². The molecular weight excluding hydrogens is 542 g/mol. The fourth-order valence-corrected chi connectivity index (χ4v) is 6.98. The van der Waals surface area contributed by atoms with E-state index in [0.717, 1.165) is 57.5 Å². The molecule has 6 rings (SSSR count). The molecule has 3 aromatic carbocycles. The van der Waals surface area contributed by atoms with Gasteiger partial charge in [-0.15, -0.1) is 0 Å². The van der Waals surface area contributed by atoms with E-state index in [1.54, 1.807) is 18.4 Å². The topological polar surface area (TPSA) is 62.1 Å². The number of hydrogen-bond donors (Lipinski definition) is 1. The monoisotopic (exact) mass is 581 g/mol. The fourth-order valence-electron chi connectivity index (χ4n) is 5.91. The number of para-hydroxylation sites is 1. The Morgan fingerprint density at radius 1 is 0.929 bits per heavy atom. The molecule has 1 aliphatic rings. The highest BCUT2D eigenvalue weighted by Gasteiger charge is 2.26. The molecule has 0 saturated carbocycles. The Labute approximate surface area is 251 Å². The summed E-state index contributed by atoms with van der Waals surface area (Å²) in [5, 5.41) is 3.30. The number of carbonyl (C=O) groups excluding carboxylic acids is 1. The van der Waals surface area contributed by atoms with Crippen LogP contribution in [-0.4, -0.2) is 58.5 Å². The maximum Gasteiger partial charge on any atom is 0.321 e. The Balaban J connectivity index is 1.23. The molecule has 0 aliphatic carbocycles. The number of aromatic nitrogens is 2. The van der Waals surface area contributed by atoms with Crippen LogP contribution < -0.4 is 10.1 Å². The number of imidazole rings is 1. The summed E-state index contributed by atoms with van der Waals surface area (Å²) in [4.78, 5) is 24.0. The summed E-state index contributed by atoms with van der Waals surface area (Å²) in [6.45, 7) is 12.4. The number of fused-ring (bicyclic) bond motifs is 3. The predicted octanol–water partition coefficient (Wildman–Crippen LogP) is 7.82. The SMILES string of the molecule is COc1ccc2c(c1)sc1nc(-c3ccccc3)c(CN3CCN(C(=O)Nc4c(C(C)C)cccc4C(C)C)CC3)n12. The van der Waals surface area contributed by atoms with Crippen molar-refractivity contribution in [3.8, 4) is 17.0 Å². The van der Waals surface area contributed by atoms with Crippen molar-refractivity contribution >= 4 is 38.2 Å². The van der Waals surface area contributed by atoms with Gasteiger partial charge in [0.25, 0.3) is 0 Å². The van der Waals surface area contributed by atoms with Crippen molar-refractivity contribution in [2.45, 2.75) is 46.1 Å². The highest BCUT2D eigenvalue weighted by atomic mass is 32.1. The second-order valence-corrected chi connectivity index (χ2v) is 12.7. The first-order chi connectivity index (χ1) is 20.3. The van der Waals surface area contributed by atoms with Gasteiger partial charge in [-0.3, -0.25) is 9.30 Å². The van der Waals surface area contributed by atoms with Crippen LogP contribution in [0.3, 0.4) is 0 Å². The van der Waals surface area contributed by atoms with Crippen LogP contribution in [0.25, 0.3) is 26.4 Å². The Morgan fingerprint density at radius 2 is 1.62 bits per heavy atom. The molecular formula is C34H39N5O2S. The van der Waals surface area contributed by atoms with E-state index < -0.39 is 0 Å². The molecule has 0 unspecified atom stereocenters. The summed E-state index contributed by atoms with van der Waals surface area (Å²) >= 11 is 1.69. The number of urea groups is 1. The van der Waals surface area contributed by atoms with E-state index in [2.05, 4.69) is 96.9 Å². The molecule has 42 heavy (non-hydrogen) atoms. The minimum absolute atomic E-state index is 0.0147. The average Bonchev–Trinajstić information content (AvgIpc) is 3.53. The average molecular weight is 582 g/mol. The van der Waals surface area contributed by atoms with Crippen LogP contribution in [0.5, 0.6) is 5.75 Å². The van der Waals surface area contributed by atoms with Gasteiger partial charge in [0.05, 0.1) is 28.7 Å². The van der Waals surface area contributed by atoms with E-state index in [-0.39, 0.29) is 6.03 Å². The number of hydrogen-bond acceptors (Lipinski definition) is 5. The first-order valence-electron chi connectivity index (χ1n) is 14.8. The lowest BCUT2D eigenvalue weighted by Gasteiger charge is -2.35. The highest BCUT2D eigenvalue weighted by molar-refractivity contribution is 7.23. The quantitative estimate of drug-likeness (QED) is 0.213. The highest BCUT2D eigenvalue weighted by Crippen LogP contribution is 2.36. The number of thiazole rings is 1. The molecule has 0 bridgehead atoms. The second-order valence-electron chi connectivity index (χ2n) is 11.6. The number of benzene rings is 3. The Bertz CT molecular complexity index is 1690. The van der Waals surface area contributed by atoms with Crippen molar-refractivity contribution in [2.24, 2.45) is 0 Å². The zero-order chi connectivity index (χ0) is 29.4. The lowest BCUT2D eigenvalue weighted by atomic mass is 9.93. The van der Waals surface area contributed by atoms with Crippen LogP contribution in [0.15, 0.2) is 66.7 Å². The minimum atomic E-state index is -0.0147. The number of piperazine rings is 1. The molecule has 8 heteroatoms. The molecule has 3 heterocycles.